The maximum absolute atomic E-state index is 5.78. The molecule has 2 N–H and O–H groups in total. The highest BCUT2D eigenvalue weighted by atomic mass is 32.2. The van der Waals surface area contributed by atoms with Crippen LogP contribution in [0.4, 0.5) is 0 Å². The zero-order valence-electron chi connectivity index (χ0n) is 10.2. The molecule has 5 nitrogen and oxygen atoms in total. The second-order valence-electron chi connectivity index (χ2n) is 3.91. The number of aromatic nitrogens is 3. The molecule has 17 heavy (non-hydrogen) atoms. The van der Waals surface area contributed by atoms with E-state index < -0.39 is 0 Å². The van der Waals surface area contributed by atoms with E-state index in [1.807, 2.05) is 33.3 Å². The van der Waals surface area contributed by atoms with E-state index >= 15 is 0 Å². The van der Waals surface area contributed by atoms with Gasteiger partial charge in [-0.3, -0.25) is 4.68 Å². The quantitative estimate of drug-likeness (QED) is 0.840. The molecule has 0 amide bonds. The van der Waals surface area contributed by atoms with Crippen LogP contribution in [-0.4, -0.2) is 21.3 Å². The summed E-state index contributed by atoms with van der Waals surface area (Å²) in [5, 5.41) is 4.94. The van der Waals surface area contributed by atoms with Crippen LogP contribution in [0.5, 0.6) is 0 Å². The number of thioether (sulfide) groups is 1. The van der Waals surface area contributed by atoms with Crippen LogP contribution in [0.15, 0.2) is 22.0 Å². The summed E-state index contributed by atoms with van der Waals surface area (Å²) in [5.41, 5.74) is 7.80. The van der Waals surface area contributed by atoms with Gasteiger partial charge in [-0.2, -0.15) is 5.10 Å². The van der Waals surface area contributed by atoms with Gasteiger partial charge in [0.25, 0.3) is 5.22 Å². The lowest BCUT2D eigenvalue weighted by atomic mass is 10.2. The van der Waals surface area contributed by atoms with E-state index in [1.165, 1.54) is 11.8 Å². The molecule has 1 unspecified atom stereocenters. The molecule has 92 valence electrons. The van der Waals surface area contributed by atoms with Crippen molar-refractivity contribution in [3.8, 4) is 0 Å². The number of hydrogen-bond donors (Lipinski definition) is 1. The lowest BCUT2D eigenvalue weighted by molar-refractivity contribution is 0.430. The van der Waals surface area contributed by atoms with Crippen LogP contribution in [0.2, 0.25) is 0 Å². The minimum atomic E-state index is 0.126. The third-order valence-electron chi connectivity index (χ3n) is 2.56. The van der Waals surface area contributed by atoms with E-state index in [-0.39, 0.29) is 5.25 Å². The van der Waals surface area contributed by atoms with Gasteiger partial charge in [-0.25, -0.2) is 4.98 Å². The van der Waals surface area contributed by atoms with Crippen molar-refractivity contribution in [1.82, 2.24) is 14.8 Å². The van der Waals surface area contributed by atoms with E-state index in [9.17, 15) is 0 Å². The van der Waals surface area contributed by atoms with Gasteiger partial charge in [0.2, 0.25) is 0 Å². The van der Waals surface area contributed by atoms with Crippen LogP contribution in [0.25, 0.3) is 0 Å². The first kappa shape index (κ1) is 12.2. The fraction of sp³-hybridized carbons (Fsp3) is 0.455. The van der Waals surface area contributed by atoms with Crippen LogP contribution >= 0.6 is 11.8 Å². The number of nitrogens with two attached hydrogens (primary N) is 1. The number of oxazole rings is 1. The molecule has 2 heterocycles. The first-order chi connectivity index (χ1) is 8.10. The van der Waals surface area contributed by atoms with E-state index in [4.69, 9.17) is 10.2 Å². The molecule has 0 spiro atoms. The van der Waals surface area contributed by atoms with Gasteiger partial charge in [-0.1, -0.05) is 11.8 Å². The van der Waals surface area contributed by atoms with Gasteiger partial charge in [-0.15, -0.1) is 0 Å². The predicted molar refractivity (Wildman–Crippen MR) is 66.8 cm³/mol. The topological polar surface area (TPSA) is 69.9 Å². The molecule has 2 aromatic heterocycles. The zero-order chi connectivity index (χ0) is 12.4. The minimum absolute atomic E-state index is 0.126. The van der Waals surface area contributed by atoms with Crippen molar-refractivity contribution in [2.45, 2.75) is 24.3 Å². The van der Waals surface area contributed by atoms with Crippen molar-refractivity contribution < 1.29 is 4.42 Å². The molecule has 0 aliphatic carbocycles. The summed E-state index contributed by atoms with van der Waals surface area (Å²) in [7, 11) is 1.89. The molecule has 0 radical (unpaired) electrons. The van der Waals surface area contributed by atoms with Gasteiger partial charge in [0.1, 0.15) is 5.76 Å². The van der Waals surface area contributed by atoms with E-state index in [1.54, 1.807) is 4.68 Å². The summed E-state index contributed by atoms with van der Waals surface area (Å²) < 4.78 is 7.31. The Kier molecular flexibility index (Phi) is 3.54. The number of aryl methyl sites for hydroxylation is 3. The highest BCUT2D eigenvalue weighted by molar-refractivity contribution is 7.99. The molecule has 0 aliphatic rings. The number of hydrogen-bond acceptors (Lipinski definition) is 5. The van der Waals surface area contributed by atoms with E-state index in [0.29, 0.717) is 11.8 Å². The van der Waals surface area contributed by atoms with Gasteiger partial charge in [0.15, 0.2) is 0 Å². The summed E-state index contributed by atoms with van der Waals surface area (Å²) in [5.74, 6) is 0.856. The molecule has 2 rings (SSSR count). The Labute approximate surface area is 104 Å². The molecular weight excluding hydrogens is 236 g/mol. The number of rotatable bonds is 4. The van der Waals surface area contributed by atoms with Crippen LogP contribution < -0.4 is 5.73 Å². The summed E-state index contributed by atoms with van der Waals surface area (Å²) >= 11 is 1.53. The first-order valence-corrected chi connectivity index (χ1v) is 6.27. The van der Waals surface area contributed by atoms with Gasteiger partial charge >= 0.3 is 0 Å². The molecule has 0 bridgehead atoms. The maximum Gasteiger partial charge on any atom is 0.256 e. The van der Waals surface area contributed by atoms with Crippen molar-refractivity contribution in [1.29, 1.82) is 0 Å². The smallest absolute Gasteiger partial charge is 0.256 e. The second kappa shape index (κ2) is 4.93. The summed E-state index contributed by atoms with van der Waals surface area (Å²) in [6.07, 6.45) is 3.79. The summed E-state index contributed by atoms with van der Waals surface area (Å²) in [6, 6.07) is 0. The van der Waals surface area contributed by atoms with Crippen LogP contribution in [-0.2, 0) is 7.05 Å². The summed E-state index contributed by atoms with van der Waals surface area (Å²) in [6.45, 7) is 4.37. The standard InChI is InChI=1S/C11H16N4OS/c1-7-8(2)16-11(14-7)17-10(4-12)9-5-13-15(3)6-9/h5-6,10H,4,12H2,1-3H3. The fourth-order valence-corrected chi connectivity index (χ4v) is 2.43. The Morgan fingerprint density at radius 2 is 2.29 bits per heavy atom. The van der Waals surface area contributed by atoms with Crippen LogP contribution in [0.3, 0.4) is 0 Å². The first-order valence-electron chi connectivity index (χ1n) is 5.39. The Bertz CT molecular complexity index is 486. The molecular formula is C11H16N4OS. The molecule has 6 heteroatoms. The largest absolute Gasteiger partial charge is 0.437 e. The molecule has 0 aliphatic heterocycles. The van der Waals surface area contributed by atoms with Crippen LogP contribution in [0, 0.1) is 13.8 Å². The van der Waals surface area contributed by atoms with E-state index in [0.717, 1.165) is 17.0 Å². The highest BCUT2D eigenvalue weighted by Crippen LogP contribution is 2.34. The molecule has 0 fully saturated rings. The average Bonchev–Trinajstić information content (AvgIpc) is 2.83. The monoisotopic (exact) mass is 252 g/mol. The number of nitrogens with zero attached hydrogens (tertiary/aromatic N) is 3. The van der Waals surface area contributed by atoms with Crippen molar-refractivity contribution in [3.05, 3.63) is 29.4 Å². The van der Waals surface area contributed by atoms with Gasteiger partial charge in [0.05, 0.1) is 17.1 Å². The van der Waals surface area contributed by atoms with Crippen molar-refractivity contribution in [2.24, 2.45) is 12.8 Å². The minimum Gasteiger partial charge on any atom is -0.437 e. The van der Waals surface area contributed by atoms with Crippen LogP contribution in [0.1, 0.15) is 22.3 Å². The Balaban J connectivity index is 2.15. The zero-order valence-corrected chi connectivity index (χ0v) is 11.0. The van der Waals surface area contributed by atoms with Crippen molar-refractivity contribution >= 4 is 11.8 Å². The Morgan fingerprint density at radius 3 is 2.76 bits per heavy atom. The lowest BCUT2D eigenvalue weighted by Crippen LogP contribution is -2.08. The predicted octanol–water partition coefficient (Wildman–Crippen LogP) is 1.82. The third-order valence-corrected chi connectivity index (χ3v) is 3.69. The van der Waals surface area contributed by atoms with Crippen molar-refractivity contribution in [2.75, 3.05) is 6.54 Å². The molecule has 0 saturated carbocycles. The van der Waals surface area contributed by atoms with Gasteiger partial charge in [-0.05, 0) is 13.8 Å². The normalized spacial score (nSPS) is 12.9. The van der Waals surface area contributed by atoms with E-state index in [2.05, 4.69) is 10.1 Å². The SMILES string of the molecule is Cc1nc(SC(CN)c2cnn(C)c2)oc1C. The molecule has 2 aromatic rings. The molecule has 0 saturated heterocycles. The third kappa shape index (κ3) is 2.70. The molecule has 0 aromatic carbocycles. The Morgan fingerprint density at radius 1 is 1.53 bits per heavy atom. The highest BCUT2D eigenvalue weighted by Gasteiger charge is 2.17. The molecule has 1 atom stereocenters. The van der Waals surface area contributed by atoms with Gasteiger partial charge in [0, 0.05) is 25.4 Å². The van der Waals surface area contributed by atoms with Gasteiger partial charge < -0.3 is 10.2 Å². The van der Waals surface area contributed by atoms with Crippen molar-refractivity contribution in [3.63, 3.8) is 0 Å². The summed E-state index contributed by atoms with van der Waals surface area (Å²) in [4.78, 5) is 4.34. The Hall–Kier alpha value is -1.27. The fourth-order valence-electron chi connectivity index (χ4n) is 1.47. The maximum atomic E-state index is 5.78. The lowest BCUT2D eigenvalue weighted by Gasteiger charge is -2.08. The second-order valence-corrected chi connectivity index (χ2v) is 5.06. The average molecular weight is 252 g/mol.